The van der Waals surface area contributed by atoms with Crippen LogP contribution in [-0.4, -0.2) is 55.1 Å². The van der Waals surface area contributed by atoms with Gasteiger partial charge in [-0.3, -0.25) is 10.2 Å². The lowest BCUT2D eigenvalue weighted by molar-refractivity contribution is -0.131. The highest BCUT2D eigenvalue weighted by atomic mass is 16.6. The minimum Gasteiger partial charge on any atom is -0.444 e. The summed E-state index contributed by atoms with van der Waals surface area (Å²) in [5, 5.41) is 10.2. The van der Waals surface area contributed by atoms with Gasteiger partial charge in [0, 0.05) is 26.1 Å². The molecule has 8 heteroatoms. The van der Waals surface area contributed by atoms with Crippen molar-refractivity contribution in [3.05, 3.63) is 0 Å². The van der Waals surface area contributed by atoms with Crippen molar-refractivity contribution >= 4 is 17.9 Å². The molecule has 0 atom stereocenters. The number of carbonyl (C=O) groups excluding carboxylic acids is 2. The largest absolute Gasteiger partial charge is 0.444 e. The van der Waals surface area contributed by atoms with E-state index in [9.17, 15) is 9.59 Å². The number of ether oxygens (including phenoxy) is 1. The number of rotatable bonds is 4. The third-order valence-electron chi connectivity index (χ3n) is 3.21. The minimum atomic E-state index is -0.597. The molecule has 1 aliphatic heterocycles. The van der Waals surface area contributed by atoms with E-state index in [-0.39, 0.29) is 24.3 Å². The van der Waals surface area contributed by atoms with Crippen molar-refractivity contribution in [2.24, 2.45) is 5.92 Å². The van der Waals surface area contributed by atoms with Gasteiger partial charge in [0.1, 0.15) is 12.1 Å². The second kappa shape index (κ2) is 7.98. The van der Waals surface area contributed by atoms with Crippen LogP contribution in [0, 0.1) is 11.3 Å². The number of hydrogen-bond acceptors (Lipinski definition) is 6. The number of likely N-dealkylation sites (tertiary alicyclic amines) is 1. The fraction of sp³-hybridized carbons (Fsp3) is 0.786. The van der Waals surface area contributed by atoms with Gasteiger partial charge in [0.05, 0.1) is 0 Å². The van der Waals surface area contributed by atoms with Gasteiger partial charge in [-0.05, 0) is 33.6 Å². The highest BCUT2D eigenvalue weighted by Gasteiger charge is 2.27. The summed E-state index contributed by atoms with van der Waals surface area (Å²) in [6.07, 6.45) is 0.761. The molecule has 2 amide bonds. The number of hydrogen-bond donors (Lipinski definition) is 3. The zero-order valence-electron chi connectivity index (χ0n) is 13.7. The molecule has 1 fully saturated rings. The summed E-state index contributed by atoms with van der Waals surface area (Å²) in [6, 6.07) is 0. The Morgan fingerprint density at radius 3 is 2.36 bits per heavy atom. The first-order valence-corrected chi connectivity index (χ1v) is 7.39. The zero-order chi connectivity index (χ0) is 16.8. The maximum absolute atomic E-state index is 12.0. The molecule has 0 saturated carbocycles. The van der Waals surface area contributed by atoms with Gasteiger partial charge in [-0.25, -0.2) is 4.79 Å². The Morgan fingerprint density at radius 1 is 1.27 bits per heavy atom. The molecule has 0 unspecified atom stereocenters. The van der Waals surface area contributed by atoms with Gasteiger partial charge >= 0.3 is 6.09 Å². The molecular weight excluding hydrogens is 288 g/mol. The molecule has 8 nitrogen and oxygen atoms in total. The quantitative estimate of drug-likeness (QED) is 0.406. The molecule has 0 bridgehead atoms. The summed E-state index contributed by atoms with van der Waals surface area (Å²) in [6.45, 7) is 6.32. The third-order valence-corrected chi connectivity index (χ3v) is 3.21. The molecule has 0 spiro atoms. The monoisotopic (exact) mass is 314 g/mol. The average molecular weight is 314 g/mol. The lowest BCUT2D eigenvalue weighted by atomic mass is 9.97. The van der Waals surface area contributed by atoms with Gasteiger partial charge < -0.3 is 19.8 Å². The van der Waals surface area contributed by atoms with Crippen molar-refractivity contribution in [2.75, 3.05) is 26.7 Å². The Morgan fingerprint density at radius 2 is 1.86 bits per heavy atom. The molecule has 1 aliphatic rings. The van der Waals surface area contributed by atoms with Crippen LogP contribution in [0.25, 0.3) is 0 Å². The number of nitrogens with one attached hydrogen (secondary N) is 3. The highest BCUT2D eigenvalue weighted by Crippen LogP contribution is 2.18. The van der Waals surface area contributed by atoms with Crippen LogP contribution < -0.4 is 10.8 Å². The van der Waals surface area contributed by atoms with Crippen LogP contribution >= 0.6 is 0 Å². The Kier molecular flexibility index (Phi) is 6.61. The van der Waals surface area contributed by atoms with Gasteiger partial charge in [-0.1, -0.05) is 0 Å². The third kappa shape index (κ3) is 6.30. The average Bonchev–Trinajstić information content (AvgIpc) is 2.43. The first-order valence-electron chi connectivity index (χ1n) is 7.39. The van der Waals surface area contributed by atoms with Crippen LogP contribution in [0.4, 0.5) is 4.79 Å². The topological polar surface area (TPSA) is 104 Å². The number of amides is 2. The van der Waals surface area contributed by atoms with E-state index in [0.717, 1.165) is 0 Å². The first-order chi connectivity index (χ1) is 10.2. The summed E-state index contributed by atoms with van der Waals surface area (Å²) < 4.78 is 5.08. The smallest absolute Gasteiger partial charge is 0.408 e. The SMILES string of the molecule is CNOC(=N)C1CCN(C(=O)CNC(=O)OC(C)(C)C)CC1. The maximum atomic E-state index is 12.0. The first kappa shape index (κ1) is 18.2. The molecular formula is C14H26N4O4. The summed E-state index contributed by atoms with van der Waals surface area (Å²) in [4.78, 5) is 30.2. The van der Waals surface area contributed by atoms with E-state index in [2.05, 4.69) is 10.8 Å². The molecule has 3 N–H and O–H groups in total. The summed E-state index contributed by atoms with van der Waals surface area (Å²) in [5.74, 6) is 0.0715. The van der Waals surface area contributed by atoms with Crippen LogP contribution in [-0.2, 0) is 14.4 Å². The van der Waals surface area contributed by atoms with Crippen LogP contribution in [0.1, 0.15) is 33.6 Å². The number of carbonyl (C=O) groups is 2. The van der Waals surface area contributed by atoms with Crippen molar-refractivity contribution < 1.29 is 19.2 Å². The number of alkyl carbamates (subject to hydrolysis) is 1. The minimum absolute atomic E-state index is 0.0234. The van der Waals surface area contributed by atoms with Crippen molar-refractivity contribution in [2.45, 2.75) is 39.2 Å². The number of piperidine rings is 1. The van der Waals surface area contributed by atoms with Crippen molar-refractivity contribution in [1.82, 2.24) is 15.7 Å². The van der Waals surface area contributed by atoms with Crippen LogP contribution in [0.2, 0.25) is 0 Å². The summed E-state index contributed by atoms with van der Waals surface area (Å²) in [7, 11) is 1.61. The second-order valence-electron chi connectivity index (χ2n) is 6.18. The summed E-state index contributed by atoms with van der Waals surface area (Å²) in [5.41, 5.74) is 1.90. The molecule has 0 aromatic rings. The van der Waals surface area contributed by atoms with Crippen LogP contribution in [0.3, 0.4) is 0 Å². The molecule has 0 aromatic heterocycles. The predicted octanol–water partition coefficient (Wildman–Crippen LogP) is 0.878. The number of nitrogens with zero attached hydrogens (tertiary/aromatic N) is 1. The van der Waals surface area contributed by atoms with Gasteiger partial charge in [0.25, 0.3) is 0 Å². The highest BCUT2D eigenvalue weighted by molar-refractivity contribution is 5.82. The summed E-state index contributed by atoms with van der Waals surface area (Å²) >= 11 is 0. The lowest BCUT2D eigenvalue weighted by Crippen LogP contribution is -2.46. The van der Waals surface area contributed by atoms with Gasteiger partial charge in [-0.2, -0.15) is 5.48 Å². The van der Waals surface area contributed by atoms with E-state index in [0.29, 0.717) is 25.9 Å². The lowest BCUT2D eigenvalue weighted by Gasteiger charge is -2.31. The predicted molar refractivity (Wildman–Crippen MR) is 81.4 cm³/mol. The molecule has 0 radical (unpaired) electrons. The standard InChI is InChI=1S/C14H26N4O4/c1-14(2,3)21-13(20)17-9-11(19)18-7-5-10(6-8-18)12(15)22-16-4/h10,15-16H,5-9H2,1-4H3,(H,17,20). The van der Waals surface area contributed by atoms with Gasteiger partial charge in [0.2, 0.25) is 11.8 Å². The molecule has 0 aliphatic carbocycles. The van der Waals surface area contributed by atoms with E-state index in [1.165, 1.54) is 0 Å². The van der Waals surface area contributed by atoms with E-state index in [1.54, 1.807) is 32.7 Å². The number of hydroxylamine groups is 1. The molecule has 1 saturated heterocycles. The van der Waals surface area contributed by atoms with Crippen LogP contribution in [0.5, 0.6) is 0 Å². The van der Waals surface area contributed by atoms with E-state index in [1.807, 2.05) is 0 Å². The second-order valence-corrected chi connectivity index (χ2v) is 6.18. The van der Waals surface area contributed by atoms with Gasteiger partial charge in [0.15, 0.2) is 0 Å². The fourth-order valence-electron chi connectivity index (χ4n) is 2.16. The van der Waals surface area contributed by atoms with Gasteiger partial charge in [-0.15, -0.1) is 0 Å². The zero-order valence-corrected chi connectivity index (χ0v) is 13.7. The Bertz CT molecular complexity index is 412. The van der Waals surface area contributed by atoms with E-state index < -0.39 is 11.7 Å². The normalized spacial score (nSPS) is 16.1. The Balaban J connectivity index is 2.31. The molecule has 126 valence electrons. The van der Waals surface area contributed by atoms with E-state index in [4.69, 9.17) is 15.0 Å². The Hall–Kier alpha value is -1.83. The van der Waals surface area contributed by atoms with Crippen molar-refractivity contribution in [1.29, 1.82) is 5.41 Å². The fourth-order valence-corrected chi connectivity index (χ4v) is 2.16. The molecule has 22 heavy (non-hydrogen) atoms. The van der Waals surface area contributed by atoms with Crippen molar-refractivity contribution in [3.8, 4) is 0 Å². The van der Waals surface area contributed by atoms with Crippen LogP contribution in [0.15, 0.2) is 0 Å². The van der Waals surface area contributed by atoms with Crippen molar-refractivity contribution in [3.63, 3.8) is 0 Å². The maximum Gasteiger partial charge on any atom is 0.408 e. The molecule has 1 heterocycles. The van der Waals surface area contributed by atoms with E-state index >= 15 is 0 Å². The molecule has 0 aromatic carbocycles. The Labute approximate surface area is 131 Å². The molecule has 1 rings (SSSR count).